The highest BCUT2D eigenvalue weighted by Gasteiger charge is 2.04. The first kappa shape index (κ1) is 38.9. The molecule has 2 atom stereocenters. The van der Waals surface area contributed by atoms with Gasteiger partial charge in [0.15, 0.2) is 5.08 Å². The van der Waals surface area contributed by atoms with Gasteiger partial charge in [-0.1, -0.05) is 23.5 Å². The van der Waals surface area contributed by atoms with E-state index in [0.29, 0.717) is 22.7 Å². The van der Waals surface area contributed by atoms with E-state index >= 15 is 0 Å². The summed E-state index contributed by atoms with van der Waals surface area (Å²) in [4.78, 5) is 20.0. The van der Waals surface area contributed by atoms with Crippen LogP contribution in [0.5, 0.6) is 0 Å². The summed E-state index contributed by atoms with van der Waals surface area (Å²) in [6, 6.07) is 0. The molecule has 1 amide bonds. The predicted molar refractivity (Wildman–Crippen MR) is 189 cm³/mol. The van der Waals surface area contributed by atoms with Crippen LogP contribution in [0, 0.1) is 0 Å². The number of rotatable bonds is 26. The molecule has 0 rings (SSSR count). The molecule has 0 heterocycles. The second-order valence-corrected chi connectivity index (χ2v) is 20.8. The van der Waals surface area contributed by atoms with Gasteiger partial charge in [0, 0.05) is 46.8 Å². The quantitative estimate of drug-likeness (QED) is 0.0371. The lowest BCUT2D eigenvalue weighted by atomic mass is 10.9. The molecule has 0 saturated heterocycles. The predicted octanol–water partition coefficient (Wildman–Crippen LogP) is 5.74. The molecule has 0 aromatic heterocycles. The highest BCUT2D eigenvalue weighted by Crippen LogP contribution is 2.24. The SMILES string of the molecule is CSC/N=C/[S+]([O-])CSCSCSCSCSC(=O)NCSCSCSCSC/N=C/[S+]([O-])CCO. The van der Waals surface area contributed by atoms with E-state index in [2.05, 4.69) is 15.3 Å². The van der Waals surface area contributed by atoms with Gasteiger partial charge in [0.1, 0.15) is 5.75 Å². The monoisotopic (exact) mass is 727 g/mol. The van der Waals surface area contributed by atoms with Crippen molar-refractivity contribution in [2.24, 2.45) is 9.98 Å². The number of amides is 1. The van der Waals surface area contributed by atoms with Gasteiger partial charge in [-0.05, 0) is 17.4 Å². The summed E-state index contributed by atoms with van der Waals surface area (Å²) in [6.07, 6.45) is 1.97. The minimum atomic E-state index is -1.16. The first-order valence-corrected chi connectivity index (χ1v) is 24.3. The Morgan fingerprint density at radius 1 is 0.806 bits per heavy atom. The molecule has 2 unspecified atom stereocenters. The lowest BCUT2D eigenvalue weighted by Crippen LogP contribution is -2.17. The number of hydrogen-bond acceptors (Lipinski definition) is 16. The van der Waals surface area contributed by atoms with Gasteiger partial charge in [-0.25, -0.2) is 9.98 Å². The molecule has 0 bridgehead atoms. The molecule has 0 radical (unpaired) electrons. The molecule has 36 heavy (non-hydrogen) atoms. The van der Waals surface area contributed by atoms with Crippen LogP contribution in [0.4, 0.5) is 4.79 Å². The summed E-state index contributed by atoms with van der Waals surface area (Å²) in [6.45, 7) is -0.0828. The van der Waals surface area contributed by atoms with Gasteiger partial charge >= 0.3 is 0 Å². The molecular weight excluding hydrogens is 695 g/mol. The van der Waals surface area contributed by atoms with E-state index in [-0.39, 0.29) is 17.6 Å². The van der Waals surface area contributed by atoms with E-state index in [0.717, 1.165) is 35.6 Å². The van der Waals surface area contributed by atoms with Crippen molar-refractivity contribution in [3.8, 4) is 0 Å². The summed E-state index contributed by atoms with van der Waals surface area (Å²) < 4.78 is 22.9. The third-order valence-corrected chi connectivity index (χ3v) is 16.4. The zero-order chi connectivity index (χ0) is 26.5. The Hall–Kier alpha value is 2.89. The van der Waals surface area contributed by atoms with Gasteiger partial charge in [0.25, 0.3) is 5.24 Å². The second kappa shape index (κ2) is 32.4. The average Bonchev–Trinajstić information content (AvgIpc) is 2.86. The number of nitrogens with zero attached hydrogens (tertiary/aromatic N) is 2. The van der Waals surface area contributed by atoms with Crippen LogP contribution in [-0.2, 0) is 22.4 Å². The first-order chi connectivity index (χ1) is 17.6. The van der Waals surface area contributed by atoms with Crippen molar-refractivity contribution in [2.45, 2.75) is 0 Å². The molecule has 0 aliphatic carbocycles. The van der Waals surface area contributed by atoms with E-state index in [1.807, 2.05) is 53.3 Å². The van der Waals surface area contributed by atoms with Crippen molar-refractivity contribution in [2.75, 3.05) is 76.9 Å². The van der Waals surface area contributed by atoms with Crippen molar-refractivity contribution in [1.29, 1.82) is 0 Å². The summed E-state index contributed by atoms with van der Waals surface area (Å²) in [5.41, 5.74) is 2.95. The number of carbonyl (C=O) groups is 1. The molecule has 0 aliphatic heterocycles. The fraction of sp³-hybridized carbons (Fsp3) is 0.824. The molecule has 2 N–H and O–H groups in total. The maximum atomic E-state index is 11.8. The number of thioether (sulfide) groups is 10. The van der Waals surface area contributed by atoms with E-state index < -0.39 is 22.4 Å². The van der Waals surface area contributed by atoms with E-state index in [9.17, 15) is 13.9 Å². The van der Waals surface area contributed by atoms with E-state index in [1.165, 1.54) is 17.3 Å². The fourth-order valence-electron chi connectivity index (χ4n) is 1.50. The van der Waals surface area contributed by atoms with Crippen molar-refractivity contribution >= 4 is 156 Å². The van der Waals surface area contributed by atoms with E-state index in [4.69, 9.17) is 5.11 Å². The highest BCUT2D eigenvalue weighted by molar-refractivity contribution is 8.30. The van der Waals surface area contributed by atoms with Gasteiger partial charge in [-0.15, -0.1) is 94.1 Å². The molecule has 0 fully saturated rings. The van der Waals surface area contributed by atoms with Crippen LogP contribution in [0.25, 0.3) is 0 Å². The van der Waals surface area contributed by atoms with E-state index in [1.54, 1.807) is 64.4 Å². The largest absolute Gasteiger partial charge is 0.611 e. The molecule has 212 valence electrons. The summed E-state index contributed by atoms with van der Waals surface area (Å²) >= 11 is 14.9. The normalized spacial score (nSPS) is 13.6. The number of aliphatic hydroxyl groups is 1. The van der Waals surface area contributed by atoms with Crippen LogP contribution in [-0.4, -0.2) is 107 Å². The molecule has 19 heteroatoms. The van der Waals surface area contributed by atoms with Gasteiger partial charge in [0.05, 0.1) is 24.2 Å². The number of carbonyl (C=O) groups excluding carboxylic acids is 1. The Morgan fingerprint density at radius 2 is 1.36 bits per heavy atom. The number of nitrogens with one attached hydrogen (secondary N) is 1. The number of aliphatic hydroxyl groups excluding tert-OH is 1. The zero-order valence-corrected chi connectivity index (χ0v) is 29.6. The molecule has 0 aromatic carbocycles. The summed E-state index contributed by atoms with van der Waals surface area (Å²) in [7, 11) is 0. The van der Waals surface area contributed by atoms with Crippen LogP contribution in [0.2, 0.25) is 0 Å². The summed E-state index contributed by atoms with van der Waals surface area (Å²) in [5, 5.41) is 18.7. The van der Waals surface area contributed by atoms with Crippen LogP contribution in [0.3, 0.4) is 0 Å². The number of hydrogen-bond donors (Lipinski definition) is 2. The van der Waals surface area contributed by atoms with Crippen molar-refractivity contribution < 1.29 is 19.0 Å². The highest BCUT2D eigenvalue weighted by atomic mass is 32.3. The van der Waals surface area contributed by atoms with Crippen molar-refractivity contribution in [3.05, 3.63) is 0 Å². The van der Waals surface area contributed by atoms with Gasteiger partial charge in [-0.2, -0.15) is 0 Å². The maximum Gasteiger partial charge on any atom is 0.280 e. The van der Waals surface area contributed by atoms with Crippen LogP contribution in [0.15, 0.2) is 9.98 Å². The van der Waals surface area contributed by atoms with Gasteiger partial charge < -0.3 is 19.5 Å². The van der Waals surface area contributed by atoms with Gasteiger partial charge in [0.2, 0.25) is 11.1 Å². The molecule has 0 aromatic rings. The van der Waals surface area contributed by atoms with Gasteiger partial charge in [-0.3, -0.25) is 4.79 Å². The smallest absolute Gasteiger partial charge is 0.280 e. The Bertz CT molecular complexity index is 557. The Labute approximate surface area is 264 Å². The minimum Gasteiger partial charge on any atom is -0.611 e. The third-order valence-electron chi connectivity index (χ3n) is 2.84. The standard InChI is InChI=1S/C17H33N3O4S12/c1-25-4-18-8-36(24)16-33-14-31-12-30-13-32-15-34-17(22)20-6-27-10-29-11-28-9-26-5-19-7-35(23)3-2-21/h7-8,21H,2-6,9-16H2,1H3,(H,20,22)/b18-8+,19-7+. The first-order valence-electron chi connectivity index (χ1n) is 9.96. The topological polar surface area (TPSA) is 120 Å². The molecule has 0 saturated carbocycles. The van der Waals surface area contributed by atoms with Crippen LogP contribution >= 0.6 is 118 Å². The molecular formula is C17H33N3O4S12. The molecule has 0 aliphatic rings. The third kappa shape index (κ3) is 31.4. The van der Waals surface area contributed by atoms with Crippen molar-refractivity contribution in [3.63, 3.8) is 0 Å². The Morgan fingerprint density at radius 3 is 2.03 bits per heavy atom. The average molecular weight is 728 g/mol. The zero-order valence-electron chi connectivity index (χ0n) is 19.8. The Kier molecular flexibility index (Phi) is 35.0. The minimum absolute atomic E-state index is 0.0242. The summed E-state index contributed by atoms with van der Waals surface area (Å²) in [5.74, 6) is 2.12. The van der Waals surface area contributed by atoms with Crippen LogP contribution in [0.1, 0.15) is 0 Å². The lowest BCUT2D eigenvalue weighted by molar-refractivity contribution is 0.262. The van der Waals surface area contributed by atoms with Crippen LogP contribution < -0.4 is 5.32 Å². The fourth-order valence-corrected chi connectivity index (χ4v) is 13.8. The molecule has 0 spiro atoms. The maximum absolute atomic E-state index is 11.8. The number of aliphatic imine (C=N–C) groups is 2. The molecule has 7 nitrogen and oxygen atoms in total. The van der Waals surface area contributed by atoms with Crippen molar-refractivity contribution in [1.82, 2.24) is 5.32 Å². The Balaban J connectivity index is 3.29. The second-order valence-electron chi connectivity index (χ2n) is 5.64. The lowest BCUT2D eigenvalue weighted by Gasteiger charge is -2.06.